The fourth-order valence-corrected chi connectivity index (χ4v) is 3.42. The van der Waals surface area contributed by atoms with E-state index in [2.05, 4.69) is 5.32 Å². The predicted molar refractivity (Wildman–Crippen MR) is 86.6 cm³/mol. The van der Waals surface area contributed by atoms with Gasteiger partial charge < -0.3 is 15.0 Å². The highest BCUT2D eigenvalue weighted by molar-refractivity contribution is 5.82. The topological polar surface area (TPSA) is 58.6 Å². The highest BCUT2D eigenvalue weighted by atomic mass is 19.1. The maximum Gasteiger partial charge on any atom is 0.248 e. The Kier molecular flexibility index (Phi) is 5.03. The molecule has 1 saturated heterocycles. The molecule has 1 aromatic carbocycles. The van der Waals surface area contributed by atoms with Crippen LogP contribution in [0, 0.1) is 17.6 Å². The molecule has 1 N–H and O–H groups in total. The van der Waals surface area contributed by atoms with Crippen molar-refractivity contribution in [2.75, 3.05) is 26.8 Å². The summed E-state index contributed by atoms with van der Waals surface area (Å²) in [6.07, 6.45) is 2.56. The van der Waals surface area contributed by atoms with Crippen molar-refractivity contribution in [2.24, 2.45) is 5.92 Å². The molecule has 2 fully saturated rings. The first kappa shape index (κ1) is 17.8. The third-order valence-corrected chi connectivity index (χ3v) is 4.97. The second-order valence-corrected chi connectivity index (χ2v) is 6.81. The average Bonchev–Trinajstić information content (AvgIpc) is 3.38. The zero-order valence-corrected chi connectivity index (χ0v) is 14.2. The van der Waals surface area contributed by atoms with E-state index < -0.39 is 17.2 Å². The lowest BCUT2D eigenvalue weighted by atomic mass is 9.95. The number of nitrogens with zero attached hydrogens (tertiary/aromatic N) is 1. The minimum Gasteiger partial charge on any atom is -0.375 e. The molecule has 5 nitrogen and oxygen atoms in total. The number of piperidine rings is 1. The third kappa shape index (κ3) is 3.81. The summed E-state index contributed by atoms with van der Waals surface area (Å²) >= 11 is 0. The third-order valence-electron chi connectivity index (χ3n) is 4.97. The first-order chi connectivity index (χ1) is 11.9. The standard InChI is InChI=1S/C18H22F2N2O3/c1-25-11-16(23)22-8-2-3-12(10-22)17(24)21-18(6-7-18)14-9-13(19)4-5-15(14)20/h4-5,9,12H,2-3,6-8,10-11H2,1H3,(H,21,24)/t12-/m1/s1. The molecule has 0 aromatic heterocycles. The number of likely N-dealkylation sites (tertiary alicyclic amines) is 1. The van der Waals surface area contributed by atoms with Crippen LogP contribution in [-0.4, -0.2) is 43.5 Å². The van der Waals surface area contributed by atoms with Crippen LogP contribution in [0.2, 0.25) is 0 Å². The van der Waals surface area contributed by atoms with Crippen molar-refractivity contribution >= 4 is 11.8 Å². The van der Waals surface area contributed by atoms with E-state index in [0.717, 1.165) is 24.6 Å². The first-order valence-electron chi connectivity index (χ1n) is 8.49. The van der Waals surface area contributed by atoms with Crippen molar-refractivity contribution in [1.82, 2.24) is 10.2 Å². The second-order valence-electron chi connectivity index (χ2n) is 6.81. The lowest BCUT2D eigenvalue weighted by Crippen LogP contribution is -2.48. The Morgan fingerprint density at radius 1 is 1.36 bits per heavy atom. The van der Waals surface area contributed by atoms with Crippen LogP contribution >= 0.6 is 0 Å². The second kappa shape index (κ2) is 7.07. The van der Waals surface area contributed by atoms with Crippen molar-refractivity contribution in [1.29, 1.82) is 0 Å². The van der Waals surface area contributed by atoms with Gasteiger partial charge in [0.25, 0.3) is 0 Å². The Labute approximate surface area is 145 Å². The zero-order chi connectivity index (χ0) is 18.0. The lowest BCUT2D eigenvalue weighted by Gasteiger charge is -2.33. The van der Waals surface area contributed by atoms with Crippen LogP contribution in [0.15, 0.2) is 18.2 Å². The molecular formula is C18H22F2N2O3. The van der Waals surface area contributed by atoms with E-state index >= 15 is 0 Å². The normalized spacial score (nSPS) is 21.7. The number of hydrogen-bond acceptors (Lipinski definition) is 3. The molecule has 1 aromatic rings. The quantitative estimate of drug-likeness (QED) is 0.881. The number of rotatable bonds is 5. The minimum atomic E-state index is -0.817. The van der Waals surface area contributed by atoms with Crippen LogP contribution in [0.1, 0.15) is 31.2 Å². The Hall–Kier alpha value is -2.02. The Morgan fingerprint density at radius 3 is 2.80 bits per heavy atom. The number of hydrogen-bond donors (Lipinski definition) is 1. The van der Waals surface area contributed by atoms with Gasteiger partial charge >= 0.3 is 0 Å². The highest BCUT2D eigenvalue weighted by Gasteiger charge is 2.48. The van der Waals surface area contributed by atoms with Gasteiger partial charge in [-0.25, -0.2) is 8.78 Å². The molecule has 1 saturated carbocycles. The number of methoxy groups -OCH3 is 1. The predicted octanol–water partition coefficient (Wildman–Crippen LogP) is 1.96. The van der Waals surface area contributed by atoms with Crippen LogP contribution < -0.4 is 5.32 Å². The van der Waals surface area contributed by atoms with E-state index in [-0.39, 0.29) is 29.9 Å². The molecular weight excluding hydrogens is 330 g/mol. The summed E-state index contributed by atoms with van der Waals surface area (Å²) < 4.78 is 32.4. The van der Waals surface area contributed by atoms with Crippen LogP contribution in [0.25, 0.3) is 0 Å². The fourth-order valence-electron chi connectivity index (χ4n) is 3.42. The van der Waals surface area contributed by atoms with Crippen molar-refractivity contribution < 1.29 is 23.1 Å². The number of carbonyl (C=O) groups is 2. The van der Waals surface area contributed by atoms with Gasteiger partial charge in [0, 0.05) is 25.8 Å². The van der Waals surface area contributed by atoms with Crippen molar-refractivity contribution in [3.63, 3.8) is 0 Å². The van der Waals surface area contributed by atoms with Gasteiger partial charge in [-0.1, -0.05) is 0 Å². The molecule has 1 aliphatic heterocycles. The average molecular weight is 352 g/mol. The van der Waals surface area contributed by atoms with E-state index in [4.69, 9.17) is 4.74 Å². The summed E-state index contributed by atoms with van der Waals surface area (Å²) in [5.41, 5.74) is -0.619. The van der Waals surface area contributed by atoms with Gasteiger partial charge in [-0.2, -0.15) is 0 Å². The maximum atomic E-state index is 14.1. The van der Waals surface area contributed by atoms with Gasteiger partial charge in [-0.05, 0) is 43.9 Å². The molecule has 0 bridgehead atoms. The number of benzene rings is 1. The minimum absolute atomic E-state index is 0.00716. The summed E-state index contributed by atoms with van der Waals surface area (Å²) in [6.45, 7) is 0.929. The summed E-state index contributed by atoms with van der Waals surface area (Å²) in [6, 6.07) is 3.30. The van der Waals surface area contributed by atoms with Gasteiger partial charge in [0.1, 0.15) is 18.2 Å². The Bertz CT molecular complexity index is 676. The van der Waals surface area contributed by atoms with Crippen molar-refractivity contribution in [3.05, 3.63) is 35.4 Å². The van der Waals surface area contributed by atoms with Crippen molar-refractivity contribution in [3.8, 4) is 0 Å². The summed E-state index contributed by atoms with van der Waals surface area (Å²) in [5, 5.41) is 2.90. The maximum absolute atomic E-state index is 14.1. The molecule has 0 radical (unpaired) electrons. The smallest absolute Gasteiger partial charge is 0.248 e. The molecule has 2 amide bonds. The monoisotopic (exact) mass is 352 g/mol. The van der Waals surface area contributed by atoms with Crippen LogP contribution in [0.3, 0.4) is 0 Å². The summed E-state index contributed by atoms with van der Waals surface area (Å²) in [4.78, 5) is 26.2. The zero-order valence-electron chi connectivity index (χ0n) is 14.2. The Morgan fingerprint density at radius 2 is 2.12 bits per heavy atom. The van der Waals surface area contributed by atoms with E-state index in [0.29, 0.717) is 32.4 Å². The summed E-state index contributed by atoms with van der Waals surface area (Å²) in [5.74, 6) is -1.73. The molecule has 2 aliphatic rings. The molecule has 136 valence electrons. The SMILES string of the molecule is COCC(=O)N1CCC[C@@H](C(=O)NC2(c3cc(F)ccc3F)CC2)C1. The first-order valence-corrected chi connectivity index (χ1v) is 8.49. The van der Waals surface area contributed by atoms with E-state index in [1.807, 2.05) is 0 Å². The number of halogens is 2. The highest BCUT2D eigenvalue weighted by Crippen LogP contribution is 2.47. The number of amides is 2. The number of ether oxygens (including phenoxy) is 1. The van der Waals surface area contributed by atoms with Gasteiger partial charge in [0.05, 0.1) is 11.5 Å². The molecule has 3 rings (SSSR count). The van der Waals surface area contributed by atoms with E-state index in [1.54, 1.807) is 4.90 Å². The van der Waals surface area contributed by atoms with Crippen LogP contribution in [0.5, 0.6) is 0 Å². The van der Waals surface area contributed by atoms with Gasteiger partial charge in [0.15, 0.2) is 0 Å². The van der Waals surface area contributed by atoms with Gasteiger partial charge in [-0.15, -0.1) is 0 Å². The molecule has 1 heterocycles. The fraction of sp³-hybridized carbons (Fsp3) is 0.556. The van der Waals surface area contributed by atoms with E-state index in [9.17, 15) is 18.4 Å². The van der Waals surface area contributed by atoms with Crippen LogP contribution in [0.4, 0.5) is 8.78 Å². The van der Waals surface area contributed by atoms with Gasteiger partial charge in [0.2, 0.25) is 11.8 Å². The molecule has 1 atom stereocenters. The molecule has 0 unspecified atom stereocenters. The van der Waals surface area contributed by atoms with Crippen molar-refractivity contribution in [2.45, 2.75) is 31.2 Å². The lowest BCUT2D eigenvalue weighted by molar-refractivity contribution is -0.139. The molecule has 0 spiro atoms. The molecule has 1 aliphatic carbocycles. The van der Waals surface area contributed by atoms with Gasteiger partial charge in [-0.3, -0.25) is 9.59 Å². The summed E-state index contributed by atoms with van der Waals surface area (Å²) in [7, 11) is 1.45. The number of nitrogens with one attached hydrogen (secondary N) is 1. The van der Waals surface area contributed by atoms with E-state index in [1.165, 1.54) is 7.11 Å². The molecule has 25 heavy (non-hydrogen) atoms. The Balaban J connectivity index is 1.67. The van der Waals surface area contributed by atoms with Crippen LogP contribution in [-0.2, 0) is 19.9 Å². The largest absolute Gasteiger partial charge is 0.375 e. The molecule has 7 heteroatoms. The number of carbonyl (C=O) groups excluding carboxylic acids is 2.